The molecule has 2 N–H and O–H groups in total. The summed E-state index contributed by atoms with van der Waals surface area (Å²) in [5, 5.41) is 11.4. The van der Waals surface area contributed by atoms with Gasteiger partial charge in [-0.3, -0.25) is 9.78 Å². The van der Waals surface area contributed by atoms with Crippen molar-refractivity contribution in [2.75, 3.05) is 0 Å². The molecule has 0 saturated carbocycles. The molecular formula is C13H16N2O3. The Morgan fingerprint density at radius 2 is 2.17 bits per heavy atom. The summed E-state index contributed by atoms with van der Waals surface area (Å²) in [6.45, 7) is 7.00. The molecule has 1 aromatic rings. The molecule has 1 heterocycles. The van der Waals surface area contributed by atoms with E-state index in [1.807, 2.05) is 6.92 Å². The fourth-order valence-corrected chi connectivity index (χ4v) is 1.55. The van der Waals surface area contributed by atoms with Crippen LogP contribution in [-0.2, 0) is 4.79 Å². The summed E-state index contributed by atoms with van der Waals surface area (Å²) in [5.41, 5.74) is 1.77. The van der Waals surface area contributed by atoms with Crippen LogP contribution in [0.3, 0.4) is 0 Å². The number of aryl methyl sites for hydroxylation is 2. The third-order valence-electron chi connectivity index (χ3n) is 2.48. The summed E-state index contributed by atoms with van der Waals surface area (Å²) in [6, 6.07) is 2.39. The fourth-order valence-electron chi connectivity index (χ4n) is 1.55. The quantitative estimate of drug-likeness (QED) is 0.773. The van der Waals surface area contributed by atoms with Crippen LogP contribution in [0.5, 0.6) is 0 Å². The number of carbonyl (C=O) groups excluding carboxylic acids is 1. The van der Waals surface area contributed by atoms with Crippen molar-refractivity contribution in [2.24, 2.45) is 0 Å². The maximum atomic E-state index is 11.9. The molecule has 0 bridgehead atoms. The second kappa shape index (κ2) is 5.95. The highest BCUT2D eigenvalue weighted by atomic mass is 16.4. The highest BCUT2D eigenvalue weighted by Crippen LogP contribution is 2.07. The zero-order valence-corrected chi connectivity index (χ0v) is 10.4. The zero-order chi connectivity index (χ0) is 13.7. The van der Waals surface area contributed by atoms with Gasteiger partial charge in [0.1, 0.15) is 6.04 Å². The van der Waals surface area contributed by atoms with Crippen molar-refractivity contribution in [3.63, 3.8) is 0 Å². The number of hydrogen-bond acceptors (Lipinski definition) is 3. The lowest BCUT2D eigenvalue weighted by Crippen LogP contribution is -2.40. The Morgan fingerprint density at radius 1 is 1.50 bits per heavy atom. The molecule has 1 aromatic heterocycles. The molecule has 0 spiro atoms. The van der Waals surface area contributed by atoms with E-state index < -0.39 is 17.9 Å². The van der Waals surface area contributed by atoms with Gasteiger partial charge in [-0.25, -0.2) is 4.79 Å². The number of carbonyl (C=O) groups is 2. The molecule has 0 aliphatic carbocycles. The average Bonchev–Trinajstić information content (AvgIpc) is 2.27. The molecule has 5 nitrogen and oxygen atoms in total. The van der Waals surface area contributed by atoms with E-state index in [4.69, 9.17) is 5.11 Å². The maximum Gasteiger partial charge on any atom is 0.326 e. The summed E-state index contributed by atoms with van der Waals surface area (Å²) in [6.07, 6.45) is 1.64. The van der Waals surface area contributed by atoms with Crippen molar-refractivity contribution in [2.45, 2.75) is 26.3 Å². The molecule has 0 radical (unpaired) electrons. The first-order chi connectivity index (χ1) is 8.45. The van der Waals surface area contributed by atoms with Crippen molar-refractivity contribution in [3.05, 3.63) is 41.7 Å². The van der Waals surface area contributed by atoms with Crippen molar-refractivity contribution < 1.29 is 14.7 Å². The molecule has 0 aliphatic rings. The van der Waals surface area contributed by atoms with E-state index in [1.165, 1.54) is 6.08 Å². The van der Waals surface area contributed by atoms with E-state index in [0.29, 0.717) is 11.3 Å². The third kappa shape index (κ3) is 3.41. The first-order valence-electron chi connectivity index (χ1n) is 5.54. The second-order valence-corrected chi connectivity index (χ2v) is 3.97. The summed E-state index contributed by atoms with van der Waals surface area (Å²) in [5.74, 6) is -1.52. The number of nitrogens with one attached hydrogen (secondary N) is 1. The number of carboxylic acids is 1. The van der Waals surface area contributed by atoms with E-state index in [0.717, 1.165) is 5.69 Å². The monoisotopic (exact) mass is 248 g/mol. The predicted octanol–water partition coefficient (Wildman–Crippen LogP) is 1.46. The number of carboxylic acid groups (broad SMARTS) is 1. The van der Waals surface area contributed by atoms with Crippen LogP contribution in [-0.4, -0.2) is 28.0 Å². The van der Waals surface area contributed by atoms with E-state index in [1.54, 1.807) is 19.1 Å². The van der Waals surface area contributed by atoms with Gasteiger partial charge in [0.25, 0.3) is 5.91 Å². The van der Waals surface area contributed by atoms with Gasteiger partial charge in [-0.1, -0.05) is 6.08 Å². The van der Waals surface area contributed by atoms with Gasteiger partial charge in [-0.2, -0.15) is 0 Å². The first kappa shape index (κ1) is 13.9. The smallest absolute Gasteiger partial charge is 0.326 e. The Bertz CT molecular complexity index is 483. The molecule has 0 aliphatic heterocycles. The summed E-state index contributed by atoms with van der Waals surface area (Å²) < 4.78 is 0. The minimum absolute atomic E-state index is 0.180. The number of pyridine rings is 1. The van der Waals surface area contributed by atoms with Crippen LogP contribution >= 0.6 is 0 Å². The lowest BCUT2D eigenvalue weighted by Gasteiger charge is -2.13. The van der Waals surface area contributed by atoms with Crippen LogP contribution in [0.25, 0.3) is 0 Å². The number of rotatable bonds is 5. The van der Waals surface area contributed by atoms with Gasteiger partial charge in [-0.15, -0.1) is 6.58 Å². The van der Waals surface area contributed by atoms with Crippen LogP contribution < -0.4 is 5.32 Å². The van der Waals surface area contributed by atoms with Gasteiger partial charge in [0.15, 0.2) is 0 Å². The Balaban J connectivity index is 2.86. The van der Waals surface area contributed by atoms with E-state index >= 15 is 0 Å². The van der Waals surface area contributed by atoms with Crippen LogP contribution in [0.2, 0.25) is 0 Å². The highest BCUT2D eigenvalue weighted by Gasteiger charge is 2.20. The van der Waals surface area contributed by atoms with Crippen LogP contribution in [0.1, 0.15) is 28.2 Å². The summed E-state index contributed by atoms with van der Waals surface area (Å²) >= 11 is 0. The van der Waals surface area contributed by atoms with E-state index in [-0.39, 0.29) is 6.42 Å². The third-order valence-corrected chi connectivity index (χ3v) is 2.48. The minimum Gasteiger partial charge on any atom is -0.480 e. The van der Waals surface area contributed by atoms with Crippen molar-refractivity contribution in [3.8, 4) is 0 Å². The largest absolute Gasteiger partial charge is 0.480 e. The topological polar surface area (TPSA) is 79.3 Å². The lowest BCUT2D eigenvalue weighted by molar-refractivity contribution is -0.139. The normalized spacial score (nSPS) is 11.7. The summed E-state index contributed by atoms with van der Waals surface area (Å²) in [7, 11) is 0. The highest BCUT2D eigenvalue weighted by molar-refractivity contribution is 5.97. The van der Waals surface area contributed by atoms with Crippen LogP contribution in [0.4, 0.5) is 0 Å². The van der Waals surface area contributed by atoms with Gasteiger partial charge in [0, 0.05) is 5.69 Å². The van der Waals surface area contributed by atoms with E-state index in [9.17, 15) is 9.59 Å². The Morgan fingerprint density at radius 3 is 2.67 bits per heavy atom. The van der Waals surface area contributed by atoms with E-state index in [2.05, 4.69) is 16.9 Å². The molecule has 1 atom stereocenters. The number of aliphatic carboxylic acids is 1. The zero-order valence-electron chi connectivity index (χ0n) is 10.4. The summed E-state index contributed by atoms with van der Waals surface area (Å²) in [4.78, 5) is 27.0. The van der Waals surface area contributed by atoms with Gasteiger partial charge >= 0.3 is 5.97 Å². The van der Waals surface area contributed by atoms with Crippen molar-refractivity contribution in [1.82, 2.24) is 10.3 Å². The maximum absolute atomic E-state index is 11.9. The van der Waals surface area contributed by atoms with Crippen molar-refractivity contribution in [1.29, 1.82) is 0 Å². The van der Waals surface area contributed by atoms with Crippen molar-refractivity contribution >= 4 is 11.9 Å². The average molecular weight is 248 g/mol. The molecule has 0 aromatic carbocycles. The van der Waals surface area contributed by atoms with Gasteiger partial charge in [-0.05, 0) is 32.4 Å². The first-order valence-corrected chi connectivity index (χ1v) is 5.54. The second-order valence-electron chi connectivity index (χ2n) is 3.97. The van der Waals surface area contributed by atoms with Gasteiger partial charge in [0.2, 0.25) is 0 Å². The van der Waals surface area contributed by atoms with Gasteiger partial charge in [0.05, 0.1) is 11.3 Å². The molecule has 0 saturated heterocycles. The molecule has 96 valence electrons. The molecule has 1 amide bonds. The standard InChI is InChI=1S/C13H16N2O3/c1-4-5-11(13(17)18)15-12(16)10-7-6-8(2)14-9(10)3/h4,6-7,11H,1,5H2,2-3H3,(H,15,16)(H,17,18). The fraction of sp³-hybridized carbons (Fsp3) is 0.308. The Labute approximate surface area is 106 Å². The number of nitrogens with zero attached hydrogens (tertiary/aromatic N) is 1. The van der Waals surface area contributed by atoms with Crippen LogP contribution in [0, 0.1) is 13.8 Å². The molecule has 0 fully saturated rings. The SMILES string of the molecule is C=CCC(NC(=O)c1ccc(C)nc1C)C(=O)O. The molecular weight excluding hydrogens is 232 g/mol. The Hall–Kier alpha value is -2.17. The molecule has 18 heavy (non-hydrogen) atoms. The predicted molar refractivity (Wildman–Crippen MR) is 67.4 cm³/mol. The Kier molecular flexibility index (Phi) is 4.59. The minimum atomic E-state index is -1.08. The number of amides is 1. The van der Waals surface area contributed by atoms with Crippen LogP contribution in [0.15, 0.2) is 24.8 Å². The molecule has 5 heteroatoms. The number of aromatic nitrogens is 1. The van der Waals surface area contributed by atoms with Gasteiger partial charge < -0.3 is 10.4 Å². The molecule has 1 rings (SSSR count). The molecule has 1 unspecified atom stereocenters. The number of hydrogen-bond donors (Lipinski definition) is 2. The lowest BCUT2D eigenvalue weighted by atomic mass is 10.1.